The Kier molecular flexibility index (Phi) is 17.6. The zero-order valence-electron chi connectivity index (χ0n) is 22.4. The molecular formula is C27H47N7O4. The summed E-state index contributed by atoms with van der Waals surface area (Å²) in [5, 5.41) is 8.28. The van der Waals surface area contributed by atoms with Crippen LogP contribution < -0.4 is 38.9 Å². The lowest BCUT2D eigenvalue weighted by Crippen LogP contribution is -2.57. The van der Waals surface area contributed by atoms with E-state index in [2.05, 4.69) is 16.0 Å². The molecule has 4 atom stereocenters. The van der Waals surface area contributed by atoms with E-state index in [-0.39, 0.29) is 6.42 Å². The largest absolute Gasteiger partial charge is 0.345 e. The Morgan fingerprint density at radius 3 is 1.79 bits per heavy atom. The Balaban J connectivity index is 2.99. The first kappa shape index (κ1) is 33.2. The molecule has 0 heterocycles. The van der Waals surface area contributed by atoms with Gasteiger partial charge in [0.15, 0.2) is 0 Å². The van der Waals surface area contributed by atoms with E-state index in [1.807, 2.05) is 30.3 Å². The number of hydrogen-bond acceptors (Lipinski definition) is 8. The Labute approximate surface area is 226 Å². The van der Waals surface area contributed by atoms with E-state index in [0.29, 0.717) is 70.9 Å². The van der Waals surface area contributed by atoms with Crippen molar-refractivity contribution >= 4 is 24.0 Å². The first-order valence-corrected chi connectivity index (χ1v) is 13.6. The maximum atomic E-state index is 13.4. The van der Waals surface area contributed by atoms with Crippen molar-refractivity contribution in [3.05, 3.63) is 35.9 Å². The van der Waals surface area contributed by atoms with Crippen LogP contribution in [0.15, 0.2) is 30.3 Å². The number of rotatable bonds is 21. The molecule has 4 unspecified atom stereocenters. The molecule has 0 saturated heterocycles. The highest BCUT2D eigenvalue weighted by Crippen LogP contribution is 2.08. The fraction of sp³-hybridized carbons (Fsp3) is 0.630. The van der Waals surface area contributed by atoms with Gasteiger partial charge >= 0.3 is 0 Å². The van der Waals surface area contributed by atoms with Gasteiger partial charge in [0.05, 0.1) is 12.1 Å². The average Bonchev–Trinajstić information content (AvgIpc) is 2.92. The number of nitrogens with one attached hydrogen (secondary N) is 3. The van der Waals surface area contributed by atoms with Crippen LogP contribution in [0.4, 0.5) is 0 Å². The molecule has 0 aliphatic heterocycles. The molecule has 3 amide bonds. The Hall–Kier alpha value is -2.86. The van der Waals surface area contributed by atoms with Crippen molar-refractivity contribution in [3.63, 3.8) is 0 Å². The maximum Gasteiger partial charge on any atom is 0.243 e. The summed E-state index contributed by atoms with van der Waals surface area (Å²) in [6.07, 6.45) is 6.34. The summed E-state index contributed by atoms with van der Waals surface area (Å²) in [5.74, 6) is -1.40. The minimum atomic E-state index is -0.943. The zero-order valence-corrected chi connectivity index (χ0v) is 22.4. The van der Waals surface area contributed by atoms with Crippen LogP contribution in [0.2, 0.25) is 0 Å². The first-order valence-electron chi connectivity index (χ1n) is 13.6. The number of benzene rings is 1. The molecule has 0 bridgehead atoms. The van der Waals surface area contributed by atoms with E-state index in [0.717, 1.165) is 18.4 Å². The zero-order chi connectivity index (χ0) is 28.2. The molecule has 0 aliphatic rings. The predicted molar refractivity (Wildman–Crippen MR) is 149 cm³/mol. The van der Waals surface area contributed by atoms with E-state index in [1.54, 1.807) is 0 Å². The fourth-order valence-corrected chi connectivity index (χ4v) is 3.98. The molecule has 0 fully saturated rings. The van der Waals surface area contributed by atoms with Gasteiger partial charge in [0, 0.05) is 6.42 Å². The topological polar surface area (TPSA) is 208 Å². The molecule has 1 aromatic carbocycles. The van der Waals surface area contributed by atoms with Crippen LogP contribution in [-0.2, 0) is 25.6 Å². The molecule has 11 N–H and O–H groups in total. The fourth-order valence-electron chi connectivity index (χ4n) is 3.98. The lowest BCUT2D eigenvalue weighted by molar-refractivity contribution is -0.133. The molecule has 0 spiro atoms. The van der Waals surface area contributed by atoms with Gasteiger partial charge in [-0.2, -0.15) is 0 Å². The number of carbonyl (C=O) groups is 4. The number of hydrogen-bond donors (Lipinski definition) is 7. The molecule has 1 aromatic rings. The lowest BCUT2D eigenvalue weighted by atomic mass is 10.0. The standard InChI is InChI=1S/C27H47N7O4/c28-15-7-4-12-21(19-35)32-26(37)23(14-6-9-17-30)33-27(38)24(18-20-10-2-1-3-11-20)34-25(36)22(31)13-5-8-16-29/h1-3,10-11,19,21-24H,4-9,12-18,28-31H2,(H,32,37)(H,33,38)(H,34,36). The number of carbonyl (C=O) groups excluding carboxylic acids is 4. The Bertz CT molecular complexity index is 825. The molecular weight excluding hydrogens is 486 g/mol. The van der Waals surface area contributed by atoms with Crippen LogP contribution >= 0.6 is 0 Å². The normalized spacial score (nSPS) is 14.1. The monoisotopic (exact) mass is 533 g/mol. The lowest BCUT2D eigenvalue weighted by Gasteiger charge is -2.25. The van der Waals surface area contributed by atoms with Crippen molar-refractivity contribution in [2.24, 2.45) is 22.9 Å². The predicted octanol–water partition coefficient (Wildman–Crippen LogP) is -0.403. The van der Waals surface area contributed by atoms with Crippen molar-refractivity contribution in [2.45, 2.75) is 88.4 Å². The average molecular weight is 534 g/mol. The van der Waals surface area contributed by atoms with Gasteiger partial charge in [-0.05, 0) is 76.6 Å². The highest BCUT2D eigenvalue weighted by atomic mass is 16.2. The summed E-state index contributed by atoms with van der Waals surface area (Å²) < 4.78 is 0. The Morgan fingerprint density at radius 1 is 0.684 bits per heavy atom. The van der Waals surface area contributed by atoms with Gasteiger partial charge in [0.25, 0.3) is 0 Å². The number of aldehydes is 1. The molecule has 0 radical (unpaired) electrons. The quantitative estimate of drug-likeness (QED) is 0.0814. The van der Waals surface area contributed by atoms with E-state index in [9.17, 15) is 19.2 Å². The number of unbranched alkanes of at least 4 members (excludes halogenated alkanes) is 3. The summed E-state index contributed by atoms with van der Waals surface area (Å²) in [6.45, 7) is 1.47. The number of nitrogens with two attached hydrogens (primary N) is 4. The molecule has 1 rings (SSSR count). The van der Waals surface area contributed by atoms with Crippen LogP contribution in [-0.4, -0.2) is 67.8 Å². The molecule has 0 saturated carbocycles. The van der Waals surface area contributed by atoms with Crippen molar-refractivity contribution in [1.29, 1.82) is 0 Å². The molecule has 214 valence electrons. The molecule has 11 nitrogen and oxygen atoms in total. The van der Waals surface area contributed by atoms with Crippen molar-refractivity contribution in [3.8, 4) is 0 Å². The van der Waals surface area contributed by atoms with E-state index < -0.39 is 41.9 Å². The summed E-state index contributed by atoms with van der Waals surface area (Å²) in [4.78, 5) is 50.8. The molecule has 38 heavy (non-hydrogen) atoms. The smallest absolute Gasteiger partial charge is 0.243 e. The van der Waals surface area contributed by atoms with Gasteiger partial charge in [-0.15, -0.1) is 0 Å². The third kappa shape index (κ3) is 13.6. The van der Waals surface area contributed by atoms with Crippen LogP contribution in [0.5, 0.6) is 0 Å². The molecule has 0 aliphatic carbocycles. The minimum absolute atomic E-state index is 0.223. The third-order valence-electron chi connectivity index (χ3n) is 6.26. The van der Waals surface area contributed by atoms with Crippen molar-refractivity contribution < 1.29 is 19.2 Å². The van der Waals surface area contributed by atoms with Crippen molar-refractivity contribution in [1.82, 2.24) is 16.0 Å². The van der Waals surface area contributed by atoms with E-state index in [4.69, 9.17) is 22.9 Å². The minimum Gasteiger partial charge on any atom is -0.345 e. The van der Waals surface area contributed by atoms with Gasteiger partial charge in [0.1, 0.15) is 18.4 Å². The van der Waals surface area contributed by atoms with Crippen LogP contribution in [0.3, 0.4) is 0 Å². The van der Waals surface area contributed by atoms with Gasteiger partial charge in [-0.1, -0.05) is 36.8 Å². The highest BCUT2D eigenvalue weighted by molar-refractivity contribution is 5.93. The van der Waals surface area contributed by atoms with Gasteiger partial charge in [-0.25, -0.2) is 0 Å². The van der Waals surface area contributed by atoms with Gasteiger partial charge in [-0.3, -0.25) is 14.4 Å². The van der Waals surface area contributed by atoms with Crippen LogP contribution in [0.1, 0.15) is 63.4 Å². The summed E-state index contributed by atoms with van der Waals surface area (Å²) in [7, 11) is 0. The van der Waals surface area contributed by atoms with Gasteiger partial charge in [0.2, 0.25) is 17.7 Å². The summed E-state index contributed by atoms with van der Waals surface area (Å²) >= 11 is 0. The molecule has 0 aromatic heterocycles. The second kappa shape index (κ2) is 20.1. The summed E-state index contributed by atoms with van der Waals surface area (Å²) in [6, 6.07) is 5.98. The van der Waals surface area contributed by atoms with E-state index in [1.165, 1.54) is 0 Å². The second-order valence-electron chi connectivity index (χ2n) is 9.52. The summed E-state index contributed by atoms with van der Waals surface area (Å²) in [5.41, 5.74) is 23.5. The number of amides is 3. The van der Waals surface area contributed by atoms with Crippen molar-refractivity contribution in [2.75, 3.05) is 19.6 Å². The van der Waals surface area contributed by atoms with Crippen LogP contribution in [0, 0.1) is 0 Å². The maximum absolute atomic E-state index is 13.4. The Morgan fingerprint density at radius 2 is 1.21 bits per heavy atom. The SMILES string of the molecule is NCCCCC(C=O)NC(=O)C(CCCCN)NC(=O)C(Cc1ccccc1)NC(=O)C(N)CCCCN. The second-order valence-corrected chi connectivity index (χ2v) is 9.52. The van der Waals surface area contributed by atoms with E-state index >= 15 is 0 Å². The molecule has 11 heteroatoms. The highest BCUT2D eigenvalue weighted by Gasteiger charge is 2.29. The first-order chi connectivity index (χ1) is 18.4. The van der Waals surface area contributed by atoms with Gasteiger partial charge < -0.3 is 43.7 Å². The van der Waals surface area contributed by atoms with Crippen LogP contribution in [0.25, 0.3) is 0 Å². The third-order valence-corrected chi connectivity index (χ3v) is 6.26.